The number of ether oxygens (including phenoxy) is 2. The molecule has 2 aromatic rings. The number of rotatable bonds is 7. The molecular formula is C20H24Cl2N2O3S. The van der Waals surface area contributed by atoms with Crippen molar-refractivity contribution in [3.8, 4) is 0 Å². The van der Waals surface area contributed by atoms with Gasteiger partial charge < -0.3 is 19.3 Å². The number of hydrogen-bond acceptors (Lipinski definition) is 5. The lowest BCUT2D eigenvalue weighted by molar-refractivity contribution is -0.0380. The lowest BCUT2D eigenvalue weighted by Gasteiger charge is -2.37. The van der Waals surface area contributed by atoms with Crippen LogP contribution in [0.25, 0.3) is 0 Å². The van der Waals surface area contributed by atoms with E-state index in [-0.39, 0.29) is 18.7 Å². The Hall–Kier alpha value is -1.15. The number of carbonyl (C=O) groups is 1. The zero-order valence-corrected chi connectivity index (χ0v) is 18.3. The molecule has 1 fully saturated rings. The molecule has 8 heteroatoms. The van der Waals surface area contributed by atoms with Crippen LogP contribution in [0.3, 0.4) is 0 Å². The van der Waals surface area contributed by atoms with Crippen molar-refractivity contribution in [2.75, 3.05) is 38.9 Å². The van der Waals surface area contributed by atoms with E-state index in [1.54, 1.807) is 36.6 Å². The van der Waals surface area contributed by atoms with Crippen LogP contribution in [0.4, 0.5) is 5.69 Å². The van der Waals surface area contributed by atoms with Crippen molar-refractivity contribution in [3.05, 3.63) is 50.1 Å². The van der Waals surface area contributed by atoms with Gasteiger partial charge in [0.15, 0.2) is 0 Å². The molecule has 1 saturated heterocycles. The maximum atomic E-state index is 13.6. The highest BCUT2D eigenvalue weighted by atomic mass is 35.5. The summed E-state index contributed by atoms with van der Waals surface area (Å²) in [6, 6.07) is 7.09. The molecule has 5 nitrogen and oxygen atoms in total. The molecular weight excluding hydrogens is 419 g/mol. The van der Waals surface area contributed by atoms with Gasteiger partial charge in [0.05, 0.1) is 27.8 Å². The van der Waals surface area contributed by atoms with E-state index in [9.17, 15) is 4.79 Å². The number of thiophene rings is 1. The van der Waals surface area contributed by atoms with Gasteiger partial charge in [-0.15, -0.1) is 11.3 Å². The van der Waals surface area contributed by atoms with Gasteiger partial charge in [-0.25, -0.2) is 0 Å². The largest absolute Gasteiger partial charge is 0.359 e. The molecule has 0 aliphatic carbocycles. The van der Waals surface area contributed by atoms with Crippen molar-refractivity contribution in [3.63, 3.8) is 0 Å². The van der Waals surface area contributed by atoms with E-state index in [1.165, 1.54) is 0 Å². The Bertz CT molecular complexity index is 806. The Morgan fingerprint density at radius 1 is 1.29 bits per heavy atom. The average molecular weight is 443 g/mol. The summed E-state index contributed by atoms with van der Waals surface area (Å²) in [5, 5.41) is 2.86. The minimum Gasteiger partial charge on any atom is -0.359 e. The van der Waals surface area contributed by atoms with Crippen LogP contribution in [0.1, 0.15) is 28.1 Å². The summed E-state index contributed by atoms with van der Waals surface area (Å²) >= 11 is 13.9. The van der Waals surface area contributed by atoms with Crippen LogP contribution in [-0.4, -0.2) is 50.9 Å². The number of carbonyl (C=O) groups excluding carboxylic acids is 1. The Kier molecular flexibility index (Phi) is 7.74. The molecule has 2 heterocycles. The van der Waals surface area contributed by atoms with Crippen LogP contribution >= 0.6 is 34.5 Å². The van der Waals surface area contributed by atoms with E-state index in [2.05, 4.69) is 11.9 Å². The Labute approximate surface area is 179 Å². The number of anilines is 1. The van der Waals surface area contributed by atoms with Crippen molar-refractivity contribution in [1.29, 1.82) is 0 Å². The predicted molar refractivity (Wildman–Crippen MR) is 115 cm³/mol. The number of methoxy groups -OCH3 is 1. The summed E-state index contributed by atoms with van der Waals surface area (Å²) in [6.45, 7) is 2.50. The summed E-state index contributed by atoms with van der Waals surface area (Å²) in [7, 11) is 3.69. The van der Waals surface area contributed by atoms with Gasteiger partial charge in [-0.05, 0) is 62.6 Å². The van der Waals surface area contributed by atoms with Crippen LogP contribution in [-0.2, 0) is 16.1 Å². The van der Waals surface area contributed by atoms with Crippen LogP contribution < -0.4 is 4.90 Å². The van der Waals surface area contributed by atoms with Crippen LogP contribution in [0.2, 0.25) is 10.0 Å². The molecule has 1 aromatic heterocycles. The third-order valence-corrected chi connectivity index (χ3v) is 6.28. The highest BCUT2D eigenvalue weighted by Crippen LogP contribution is 2.34. The molecule has 1 amide bonds. The number of hydrogen-bond donors (Lipinski definition) is 0. The Balaban J connectivity index is 1.94. The fraction of sp³-hybridized carbons (Fsp3) is 0.450. The van der Waals surface area contributed by atoms with E-state index < -0.39 is 0 Å². The standard InChI is InChI=1S/C20H24Cl2N2O3S/c1-23-8-5-15(6-9-23)24(18-7-10-28-19(18)12-27-13-26-2)20(25)16-4-3-14(21)11-17(16)22/h3-4,7,10-11,15H,5-6,8-9,12-13H2,1-2H3. The average Bonchev–Trinajstić information content (AvgIpc) is 3.12. The summed E-state index contributed by atoms with van der Waals surface area (Å²) in [6.07, 6.45) is 1.81. The monoisotopic (exact) mass is 442 g/mol. The van der Waals surface area contributed by atoms with Gasteiger partial charge in [0.25, 0.3) is 5.91 Å². The fourth-order valence-electron chi connectivity index (χ4n) is 3.39. The number of benzene rings is 1. The van der Waals surface area contributed by atoms with Crippen LogP contribution in [0, 0.1) is 0 Å². The lowest BCUT2D eigenvalue weighted by atomic mass is 10.0. The molecule has 0 spiro atoms. The minimum atomic E-state index is -0.109. The summed E-state index contributed by atoms with van der Waals surface area (Å²) in [5.41, 5.74) is 1.34. The van der Waals surface area contributed by atoms with Gasteiger partial charge in [-0.2, -0.15) is 0 Å². The molecule has 3 rings (SSSR count). The first-order chi connectivity index (χ1) is 13.5. The van der Waals surface area contributed by atoms with Crippen molar-refractivity contribution < 1.29 is 14.3 Å². The predicted octanol–water partition coefficient (Wildman–Crippen LogP) is 4.92. The van der Waals surface area contributed by atoms with Crippen molar-refractivity contribution >= 4 is 46.1 Å². The second kappa shape index (κ2) is 10.1. The molecule has 1 aromatic carbocycles. The normalized spacial score (nSPS) is 15.7. The summed E-state index contributed by atoms with van der Waals surface area (Å²) < 4.78 is 10.5. The molecule has 28 heavy (non-hydrogen) atoms. The molecule has 0 radical (unpaired) electrons. The fourth-order valence-corrected chi connectivity index (χ4v) is 4.68. The number of amides is 1. The van der Waals surface area contributed by atoms with Gasteiger partial charge in [0, 0.05) is 18.2 Å². The first-order valence-electron chi connectivity index (χ1n) is 9.11. The molecule has 0 bridgehead atoms. The highest BCUT2D eigenvalue weighted by molar-refractivity contribution is 7.10. The molecule has 1 aliphatic heterocycles. The second-order valence-electron chi connectivity index (χ2n) is 6.82. The number of piperidine rings is 1. The number of likely N-dealkylation sites (tertiary alicyclic amines) is 1. The third kappa shape index (κ3) is 5.06. The molecule has 0 N–H and O–H groups in total. The van der Waals surface area contributed by atoms with Crippen LogP contribution in [0.5, 0.6) is 0 Å². The quantitative estimate of drug-likeness (QED) is 0.450. The topological polar surface area (TPSA) is 42.0 Å². The first kappa shape index (κ1) is 21.6. The number of nitrogens with zero attached hydrogens (tertiary/aromatic N) is 2. The minimum absolute atomic E-state index is 0.103. The van der Waals surface area contributed by atoms with Gasteiger partial charge in [0.2, 0.25) is 0 Å². The van der Waals surface area contributed by atoms with E-state index >= 15 is 0 Å². The SMILES string of the molecule is COCOCc1sccc1N(C(=O)c1ccc(Cl)cc1Cl)C1CCN(C)CC1. The van der Waals surface area contributed by atoms with Crippen LogP contribution in [0.15, 0.2) is 29.6 Å². The van der Waals surface area contributed by atoms with Gasteiger partial charge in [-0.1, -0.05) is 23.2 Å². The lowest BCUT2D eigenvalue weighted by Crippen LogP contribution is -2.47. The number of halogens is 2. The van der Waals surface area contributed by atoms with E-state index in [4.69, 9.17) is 32.7 Å². The van der Waals surface area contributed by atoms with E-state index in [1.807, 2.05) is 16.3 Å². The van der Waals surface area contributed by atoms with Crippen molar-refractivity contribution in [2.45, 2.75) is 25.5 Å². The van der Waals surface area contributed by atoms with Gasteiger partial charge in [-0.3, -0.25) is 4.79 Å². The summed E-state index contributed by atoms with van der Waals surface area (Å²) in [4.78, 5) is 18.7. The third-order valence-electron chi connectivity index (χ3n) is 4.85. The molecule has 152 valence electrons. The van der Waals surface area contributed by atoms with E-state index in [0.717, 1.165) is 36.5 Å². The maximum Gasteiger partial charge on any atom is 0.260 e. The molecule has 0 unspecified atom stereocenters. The van der Waals surface area contributed by atoms with Gasteiger partial charge in [0.1, 0.15) is 6.79 Å². The highest BCUT2D eigenvalue weighted by Gasteiger charge is 2.31. The van der Waals surface area contributed by atoms with Crippen molar-refractivity contribution in [2.24, 2.45) is 0 Å². The van der Waals surface area contributed by atoms with E-state index in [0.29, 0.717) is 22.2 Å². The zero-order chi connectivity index (χ0) is 20.1. The maximum absolute atomic E-state index is 13.6. The smallest absolute Gasteiger partial charge is 0.260 e. The second-order valence-corrected chi connectivity index (χ2v) is 8.66. The molecule has 0 atom stereocenters. The Morgan fingerprint density at radius 2 is 2.04 bits per heavy atom. The zero-order valence-electron chi connectivity index (χ0n) is 16.0. The van der Waals surface area contributed by atoms with Gasteiger partial charge >= 0.3 is 0 Å². The molecule has 0 saturated carbocycles. The van der Waals surface area contributed by atoms with Crippen molar-refractivity contribution in [1.82, 2.24) is 4.90 Å². The Morgan fingerprint density at radius 3 is 2.71 bits per heavy atom. The first-order valence-corrected chi connectivity index (χ1v) is 10.7. The summed E-state index contributed by atoms with van der Waals surface area (Å²) in [5.74, 6) is -0.109. The molecule has 1 aliphatic rings.